The number of carboxylic acids is 1. The molecule has 1 rings (SSSR count). The second kappa shape index (κ2) is 7.23. The fourth-order valence-corrected chi connectivity index (χ4v) is 1.96. The zero-order chi connectivity index (χ0) is 15.3. The molecule has 2 amide bonds. The Kier molecular flexibility index (Phi) is 5.94. The molecule has 1 aromatic carbocycles. The zero-order valence-corrected chi connectivity index (χ0v) is 12.7. The van der Waals surface area contributed by atoms with Crippen molar-refractivity contribution < 1.29 is 19.1 Å². The molecule has 0 spiro atoms. The van der Waals surface area contributed by atoms with E-state index >= 15 is 0 Å². The summed E-state index contributed by atoms with van der Waals surface area (Å²) in [6.45, 7) is 3.70. The third kappa shape index (κ3) is 5.16. The van der Waals surface area contributed by atoms with Crippen LogP contribution in [0.4, 0.5) is 14.9 Å². The van der Waals surface area contributed by atoms with E-state index in [0.29, 0.717) is 10.9 Å². The molecule has 0 aliphatic heterocycles. The van der Waals surface area contributed by atoms with Crippen molar-refractivity contribution in [2.45, 2.75) is 26.3 Å². The Morgan fingerprint density at radius 3 is 2.60 bits per heavy atom. The van der Waals surface area contributed by atoms with Crippen molar-refractivity contribution in [3.05, 3.63) is 28.5 Å². The second-order valence-electron chi connectivity index (χ2n) is 4.74. The molecule has 0 aliphatic rings. The Bertz CT molecular complexity index is 508. The maximum absolute atomic E-state index is 13.5. The number of hydrogen-bond acceptors (Lipinski definition) is 2. The minimum Gasteiger partial charge on any atom is -0.480 e. The van der Waals surface area contributed by atoms with Gasteiger partial charge in [-0.15, -0.1) is 0 Å². The number of rotatable bonds is 5. The Morgan fingerprint density at radius 2 is 2.05 bits per heavy atom. The average Bonchev–Trinajstić information content (AvgIpc) is 2.32. The molecule has 0 aromatic heterocycles. The topological polar surface area (TPSA) is 78.4 Å². The minimum atomic E-state index is -1.12. The standard InChI is InChI=1S/C13H16BrFN2O3/c1-7(2)5-11(12(18)19)17-13(20)16-10-6-8(14)3-4-9(10)15/h3-4,6-7,11H,5H2,1-2H3,(H,18,19)(H2,16,17,20). The van der Waals surface area contributed by atoms with Crippen LogP contribution in [0.5, 0.6) is 0 Å². The summed E-state index contributed by atoms with van der Waals surface area (Å²) in [5, 5.41) is 13.6. The zero-order valence-electron chi connectivity index (χ0n) is 11.1. The molecular weight excluding hydrogens is 331 g/mol. The molecule has 0 saturated carbocycles. The lowest BCUT2D eigenvalue weighted by molar-refractivity contribution is -0.139. The van der Waals surface area contributed by atoms with Crippen molar-refractivity contribution in [1.82, 2.24) is 5.32 Å². The number of carbonyl (C=O) groups excluding carboxylic acids is 1. The highest BCUT2D eigenvalue weighted by Gasteiger charge is 2.21. The number of halogens is 2. The van der Waals surface area contributed by atoms with Gasteiger partial charge in [0, 0.05) is 4.47 Å². The average molecular weight is 347 g/mol. The summed E-state index contributed by atoms with van der Waals surface area (Å²) in [7, 11) is 0. The summed E-state index contributed by atoms with van der Waals surface area (Å²) >= 11 is 3.16. The minimum absolute atomic E-state index is 0.0226. The van der Waals surface area contributed by atoms with Crippen molar-refractivity contribution in [2.24, 2.45) is 5.92 Å². The van der Waals surface area contributed by atoms with Gasteiger partial charge in [-0.05, 0) is 30.5 Å². The van der Waals surface area contributed by atoms with Crippen LogP contribution >= 0.6 is 15.9 Å². The molecule has 0 saturated heterocycles. The lowest BCUT2D eigenvalue weighted by Crippen LogP contribution is -2.43. The lowest BCUT2D eigenvalue weighted by atomic mass is 10.0. The highest BCUT2D eigenvalue weighted by Crippen LogP contribution is 2.19. The van der Waals surface area contributed by atoms with Crippen LogP contribution in [0, 0.1) is 11.7 Å². The van der Waals surface area contributed by atoms with Gasteiger partial charge < -0.3 is 15.7 Å². The van der Waals surface area contributed by atoms with Gasteiger partial charge in [0.15, 0.2) is 0 Å². The molecule has 0 radical (unpaired) electrons. The van der Waals surface area contributed by atoms with E-state index in [2.05, 4.69) is 26.6 Å². The number of urea groups is 1. The van der Waals surface area contributed by atoms with E-state index in [-0.39, 0.29) is 11.6 Å². The highest BCUT2D eigenvalue weighted by molar-refractivity contribution is 9.10. The fourth-order valence-electron chi connectivity index (χ4n) is 1.60. The highest BCUT2D eigenvalue weighted by atomic mass is 79.9. The number of carbonyl (C=O) groups is 2. The third-order valence-electron chi connectivity index (χ3n) is 2.49. The molecule has 0 fully saturated rings. The van der Waals surface area contributed by atoms with Crippen molar-refractivity contribution in [1.29, 1.82) is 0 Å². The Labute approximate surface area is 124 Å². The van der Waals surface area contributed by atoms with E-state index in [1.54, 1.807) is 0 Å². The van der Waals surface area contributed by atoms with Crippen LogP contribution in [0.3, 0.4) is 0 Å². The summed E-state index contributed by atoms with van der Waals surface area (Å²) in [6, 6.07) is 2.33. The molecule has 1 aromatic rings. The number of amides is 2. The SMILES string of the molecule is CC(C)CC(NC(=O)Nc1cc(Br)ccc1F)C(=O)O. The number of carboxylic acid groups (broad SMARTS) is 1. The van der Waals surface area contributed by atoms with Crippen LogP contribution in [0.25, 0.3) is 0 Å². The molecule has 110 valence electrons. The first kappa shape index (κ1) is 16.4. The van der Waals surface area contributed by atoms with Crippen LogP contribution < -0.4 is 10.6 Å². The lowest BCUT2D eigenvalue weighted by Gasteiger charge is -2.17. The van der Waals surface area contributed by atoms with E-state index in [4.69, 9.17) is 5.11 Å². The molecule has 3 N–H and O–H groups in total. The first-order valence-electron chi connectivity index (χ1n) is 6.05. The number of nitrogens with one attached hydrogen (secondary N) is 2. The van der Waals surface area contributed by atoms with Crippen molar-refractivity contribution in [3.8, 4) is 0 Å². The Balaban J connectivity index is 2.70. The molecular formula is C13H16BrFN2O3. The van der Waals surface area contributed by atoms with Gasteiger partial charge in [0.05, 0.1) is 5.69 Å². The van der Waals surface area contributed by atoms with Crippen LogP contribution in [0.1, 0.15) is 20.3 Å². The summed E-state index contributed by atoms with van der Waals surface area (Å²) < 4.78 is 14.1. The van der Waals surface area contributed by atoms with Gasteiger partial charge in [-0.1, -0.05) is 29.8 Å². The van der Waals surface area contributed by atoms with Crippen molar-refractivity contribution >= 4 is 33.6 Å². The molecule has 0 aliphatic carbocycles. The molecule has 20 heavy (non-hydrogen) atoms. The largest absolute Gasteiger partial charge is 0.480 e. The fraction of sp³-hybridized carbons (Fsp3) is 0.385. The van der Waals surface area contributed by atoms with Crippen LogP contribution in [-0.4, -0.2) is 23.1 Å². The summed E-state index contributed by atoms with van der Waals surface area (Å²) in [6.07, 6.45) is 0.295. The number of anilines is 1. The molecule has 5 nitrogen and oxygen atoms in total. The van der Waals surface area contributed by atoms with Crippen molar-refractivity contribution in [2.75, 3.05) is 5.32 Å². The molecule has 0 bridgehead atoms. The first-order valence-corrected chi connectivity index (χ1v) is 6.84. The number of benzene rings is 1. The number of hydrogen-bond donors (Lipinski definition) is 3. The van der Waals surface area contributed by atoms with E-state index in [1.807, 2.05) is 13.8 Å². The monoisotopic (exact) mass is 346 g/mol. The van der Waals surface area contributed by atoms with Crippen LogP contribution in [0.2, 0.25) is 0 Å². The van der Waals surface area contributed by atoms with Gasteiger partial charge in [-0.25, -0.2) is 14.0 Å². The summed E-state index contributed by atoms with van der Waals surface area (Å²) in [5.74, 6) is -1.61. The molecule has 0 heterocycles. The summed E-state index contributed by atoms with van der Waals surface area (Å²) in [5.41, 5.74) is -0.0226. The van der Waals surface area contributed by atoms with E-state index in [0.717, 1.165) is 0 Å². The Morgan fingerprint density at radius 1 is 1.40 bits per heavy atom. The maximum atomic E-state index is 13.5. The van der Waals surface area contributed by atoms with Gasteiger partial charge in [0.2, 0.25) is 0 Å². The Hall–Kier alpha value is -1.63. The van der Waals surface area contributed by atoms with E-state index < -0.39 is 23.9 Å². The van der Waals surface area contributed by atoms with Gasteiger partial charge in [0.1, 0.15) is 11.9 Å². The van der Waals surface area contributed by atoms with Crippen LogP contribution in [0.15, 0.2) is 22.7 Å². The molecule has 7 heteroatoms. The van der Waals surface area contributed by atoms with Gasteiger partial charge >= 0.3 is 12.0 Å². The predicted molar refractivity (Wildman–Crippen MR) is 77.1 cm³/mol. The van der Waals surface area contributed by atoms with E-state index in [9.17, 15) is 14.0 Å². The van der Waals surface area contributed by atoms with Crippen molar-refractivity contribution in [3.63, 3.8) is 0 Å². The second-order valence-corrected chi connectivity index (χ2v) is 5.66. The maximum Gasteiger partial charge on any atom is 0.326 e. The molecule has 1 atom stereocenters. The smallest absolute Gasteiger partial charge is 0.326 e. The predicted octanol–water partition coefficient (Wildman–Crippen LogP) is 3.21. The van der Waals surface area contributed by atoms with Gasteiger partial charge in [-0.3, -0.25) is 0 Å². The third-order valence-corrected chi connectivity index (χ3v) is 2.98. The van der Waals surface area contributed by atoms with Gasteiger partial charge in [-0.2, -0.15) is 0 Å². The van der Waals surface area contributed by atoms with E-state index in [1.165, 1.54) is 18.2 Å². The quantitative estimate of drug-likeness (QED) is 0.765. The first-order chi connectivity index (χ1) is 9.29. The summed E-state index contributed by atoms with van der Waals surface area (Å²) in [4.78, 5) is 22.7. The number of aliphatic carboxylic acids is 1. The molecule has 1 unspecified atom stereocenters. The normalized spacial score (nSPS) is 12.1. The van der Waals surface area contributed by atoms with Gasteiger partial charge in [0.25, 0.3) is 0 Å². The van der Waals surface area contributed by atoms with Crippen LogP contribution in [-0.2, 0) is 4.79 Å².